The molecule has 0 aliphatic rings. The molecule has 0 aromatic heterocycles. The zero-order valence-electron chi connectivity index (χ0n) is 15.5. The molecule has 2 aromatic rings. The minimum absolute atomic E-state index is 0.107. The van der Waals surface area contributed by atoms with Crippen LogP contribution < -0.4 is 14.8 Å². The van der Waals surface area contributed by atoms with Crippen molar-refractivity contribution in [3.63, 3.8) is 0 Å². The summed E-state index contributed by atoms with van der Waals surface area (Å²) in [5, 5.41) is 2.95. The van der Waals surface area contributed by atoms with E-state index in [4.69, 9.17) is 9.47 Å². The van der Waals surface area contributed by atoms with E-state index in [1.165, 1.54) is 5.56 Å². The van der Waals surface area contributed by atoms with Gasteiger partial charge in [-0.1, -0.05) is 36.8 Å². The molecule has 4 heteroatoms. The lowest BCUT2D eigenvalue weighted by molar-refractivity contribution is -0.128. The molecule has 134 valence electrons. The molecule has 0 aliphatic heterocycles. The van der Waals surface area contributed by atoms with Gasteiger partial charge in [0.25, 0.3) is 5.91 Å². The lowest BCUT2D eigenvalue weighted by Gasteiger charge is -2.19. The highest BCUT2D eigenvalue weighted by molar-refractivity contribution is 5.81. The van der Waals surface area contributed by atoms with Gasteiger partial charge in [-0.15, -0.1) is 0 Å². The Morgan fingerprint density at radius 2 is 1.92 bits per heavy atom. The SMILES string of the molecule is CCOc1cccc(CNC(=O)[C@H](CC)Oc2ccc(C)cc2C)c1. The first-order chi connectivity index (χ1) is 12.0. The Labute approximate surface area is 150 Å². The highest BCUT2D eigenvalue weighted by Crippen LogP contribution is 2.21. The highest BCUT2D eigenvalue weighted by atomic mass is 16.5. The summed E-state index contributed by atoms with van der Waals surface area (Å²) in [5.41, 5.74) is 3.22. The van der Waals surface area contributed by atoms with Gasteiger partial charge in [-0.3, -0.25) is 4.79 Å². The van der Waals surface area contributed by atoms with Crippen LogP contribution in [0.4, 0.5) is 0 Å². The number of carbonyl (C=O) groups excluding carboxylic acids is 1. The maximum Gasteiger partial charge on any atom is 0.261 e. The molecule has 0 radical (unpaired) electrons. The zero-order valence-corrected chi connectivity index (χ0v) is 15.5. The number of nitrogens with one attached hydrogen (secondary N) is 1. The first-order valence-electron chi connectivity index (χ1n) is 8.76. The molecule has 1 amide bonds. The number of rotatable bonds is 8. The van der Waals surface area contributed by atoms with Crippen molar-refractivity contribution in [1.82, 2.24) is 5.32 Å². The Kier molecular flexibility index (Phi) is 6.87. The lowest BCUT2D eigenvalue weighted by atomic mass is 10.1. The quantitative estimate of drug-likeness (QED) is 0.784. The lowest BCUT2D eigenvalue weighted by Crippen LogP contribution is -2.37. The number of carbonyl (C=O) groups is 1. The van der Waals surface area contributed by atoms with E-state index in [0.29, 0.717) is 19.6 Å². The molecule has 0 heterocycles. The molecule has 2 aromatic carbocycles. The molecule has 0 aliphatic carbocycles. The number of hydrogen-bond acceptors (Lipinski definition) is 3. The van der Waals surface area contributed by atoms with Crippen LogP contribution in [-0.4, -0.2) is 18.6 Å². The first-order valence-corrected chi connectivity index (χ1v) is 8.76. The number of benzene rings is 2. The van der Waals surface area contributed by atoms with E-state index in [1.54, 1.807) is 0 Å². The van der Waals surface area contributed by atoms with E-state index < -0.39 is 6.10 Å². The van der Waals surface area contributed by atoms with Crippen LogP contribution in [0.25, 0.3) is 0 Å². The Balaban J connectivity index is 1.96. The molecule has 1 atom stereocenters. The Bertz CT molecular complexity index is 712. The van der Waals surface area contributed by atoms with Crippen molar-refractivity contribution in [2.45, 2.75) is 46.8 Å². The van der Waals surface area contributed by atoms with Crippen LogP contribution in [0, 0.1) is 13.8 Å². The Hall–Kier alpha value is -2.49. The summed E-state index contributed by atoms with van der Waals surface area (Å²) in [5.74, 6) is 1.46. The number of aryl methyl sites for hydroxylation is 2. The smallest absolute Gasteiger partial charge is 0.261 e. The van der Waals surface area contributed by atoms with Crippen LogP contribution in [0.5, 0.6) is 11.5 Å². The van der Waals surface area contributed by atoms with Crippen molar-refractivity contribution < 1.29 is 14.3 Å². The summed E-state index contributed by atoms with van der Waals surface area (Å²) in [6, 6.07) is 13.7. The van der Waals surface area contributed by atoms with E-state index in [-0.39, 0.29) is 5.91 Å². The van der Waals surface area contributed by atoms with Crippen LogP contribution in [0.2, 0.25) is 0 Å². The normalized spacial score (nSPS) is 11.7. The maximum absolute atomic E-state index is 12.5. The van der Waals surface area contributed by atoms with Gasteiger partial charge in [0.1, 0.15) is 11.5 Å². The summed E-state index contributed by atoms with van der Waals surface area (Å²) in [6.07, 6.45) is 0.106. The summed E-state index contributed by atoms with van der Waals surface area (Å²) < 4.78 is 11.4. The van der Waals surface area contributed by atoms with E-state index >= 15 is 0 Å². The van der Waals surface area contributed by atoms with Gasteiger partial charge in [0.2, 0.25) is 0 Å². The molecule has 0 saturated heterocycles. The third-order valence-corrected chi connectivity index (χ3v) is 3.94. The van der Waals surface area contributed by atoms with Gasteiger partial charge in [0.15, 0.2) is 6.10 Å². The Morgan fingerprint density at radius 1 is 1.12 bits per heavy atom. The summed E-state index contributed by atoms with van der Waals surface area (Å²) in [6.45, 7) is 9.00. The fourth-order valence-electron chi connectivity index (χ4n) is 2.62. The van der Waals surface area contributed by atoms with Crippen molar-refractivity contribution in [2.75, 3.05) is 6.61 Å². The van der Waals surface area contributed by atoms with Crippen molar-refractivity contribution in [3.8, 4) is 11.5 Å². The van der Waals surface area contributed by atoms with Gasteiger partial charge in [-0.05, 0) is 56.5 Å². The predicted octanol–water partition coefficient (Wildman–Crippen LogP) is 4.18. The molecule has 25 heavy (non-hydrogen) atoms. The van der Waals surface area contributed by atoms with E-state index in [0.717, 1.165) is 22.6 Å². The number of amides is 1. The molecule has 0 fully saturated rings. The topological polar surface area (TPSA) is 47.6 Å². The maximum atomic E-state index is 12.5. The van der Waals surface area contributed by atoms with E-state index in [2.05, 4.69) is 11.4 Å². The standard InChI is InChI=1S/C21H27NO3/c1-5-19(25-20-11-10-15(3)12-16(20)4)21(23)22-14-17-8-7-9-18(13-17)24-6-2/h7-13,19H,5-6,14H2,1-4H3,(H,22,23)/t19-/m0/s1. The molecule has 1 N–H and O–H groups in total. The highest BCUT2D eigenvalue weighted by Gasteiger charge is 2.19. The van der Waals surface area contributed by atoms with Crippen LogP contribution in [0.3, 0.4) is 0 Å². The van der Waals surface area contributed by atoms with Crippen LogP contribution in [0.1, 0.15) is 37.0 Å². The van der Waals surface area contributed by atoms with Crippen LogP contribution in [-0.2, 0) is 11.3 Å². The van der Waals surface area contributed by atoms with Gasteiger partial charge in [-0.2, -0.15) is 0 Å². The molecule has 0 saturated carbocycles. The molecule has 0 spiro atoms. The molecule has 0 bridgehead atoms. The van der Waals surface area contributed by atoms with Gasteiger partial charge in [0, 0.05) is 6.54 Å². The second kappa shape index (κ2) is 9.11. The second-order valence-electron chi connectivity index (χ2n) is 6.08. The van der Waals surface area contributed by atoms with Crippen LogP contribution in [0.15, 0.2) is 42.5 Å². The summed E-state index contributed by atoms with van der Waals surface area (Å²) in [7, 11) is 0. The predicted molar refractivity (Wildman–Crippen MR) is 100 cm³/mol. The minimum Gasteiger partial charge on any atom is -0.494 e. The largest absolute Gasteiger partial charge is 0.494 e. The van der Waals surface area contributed by atoms with Gasteiger partial charge >= 0.3 is 0 Å². The first kappa shape index (κ1) is 18.8. The zero-order chi connectivity index (χ0) is 18.2. The molecule has 0 unspecified atom stereocenters. The van der Waals surface area contributed by atoms with Gasteiger partial charge < -0.3 is 14.8 Å². The Morgan fingerprint density at radius 3 is 2.60 bits per heavy atom. The van der Waals surface area contributed by atoms with Gasteiger partial charge in [0.05, 0.1) is 6.61 Å². The fraction of sp³-hybridized carbons (Fsp3) is 0.381. The fourth-order valence-corrected chi connectivity index (χ4v) is 2.62. The monoisotopic (exact) mass is 341 g/mol. The summed E-state index contributed by atoms with van der Waals surface area (Å²) in [4.78, 5) is 12.5. The molecule has 4 nitrogen and oxygen atoms in total. The third-order valence-electron chi connectivity index (χ3n) is 3.94. The van der Waals surface area contributed by atoms with Crippen LogP contribution >= 0.6 is 0 Å². The minimum atomic E-state index is -0.503. The van der Waals surface area contributed by atoms with Crippen molar-refractivity contribution in [3.05, 3.63) is 59.2 Å². The molecular weight excluding hydrogens is 314 g/mol. The third kappa shape index (κ3) is 5.52. The average molecular weight is 341 g/mol. The number of ether oxygens (including phenoxy) is 2. The van der Waals surface area contributed by atoms with Crippen molar-refractivity contribution in [1.29, 1.82) is 0 Å². The van der Waals surface area contributed by atoms with E-state index in [1.807, 2.05) is 64.1 Å². The second-order valence-corrected chi connectivity index (χ2v) is 6.08. The molecular formula is C21H27NO3. The summed E-state index contributed by atoms with van der Waals surface area (Å²) >= 11 is 0. The van der Waals surface area contributed by atoms with Crippen molar-refractivity contribution in [2.24, 2.45) is 0 Å². The molecule has 2 rings (SSSR count). The average Bonchev–Trinajstić information content (AvgIpc) is 2.60. The van der Waals surface area contributed by atoms with E-state index in [9.17, 15) is 4.79 Å². The number of hydrogen-bond donors (Lipinski definition) is 1. The van der Waals surface area contributed by atoms with Crippen molar-refractivity contribution >= 4 is 5.91 Å². The van der Waals surface area contributed by atoms with Gasteiger partial charge in [-0.25, -0.2) is 0 Å².